The molecule has 0 unspecified atom stereocenters. The third-order valence-corrected chi connectivity index (χ3v) is 15.0. The molecule has 0 amide bonds. The molecule has 0 saturated heterocycles. The third kappa shape index (κ3) is 4.41. The lowest BCUT2D eigenvalue weighted by molar-refractivity contribution is 0.663. The van der Waals surface area contributed by atoms with Gasteiger partial charge in [-0.15, -0.1) is 0 Å². The fourth-order valence-electron chi connectivity index (χ4n) is 12.3. The van der Waals surface area contributed by atoms with Gasteiger partial charge in [0.1, 0.15) is 55.8 Å². The molecule has 314 valence electrons. The van der Waals surface area contributed by atoms with Crippen LogP contribution < -0.4 is 0 Å². The van der Waals surface area contributed by atoms with Crippen LogP contribution in [-0.4, -0.2) is 0 Å². The summed E-state index contributed by atoms with van der Waals surface area (Å²) in [7, 11) is 0. The molecule has 0 bridgehead atoms. The first kappa shape index (κ1) is 35.2. The molecule has 5 nitrogen and oxygen atoms in total. The highest BCUT2D eigenvalue weighted by molar-refractivity contribution is 6.31. The molecule has 0 atom stereocenters. The summed E-state index contributed by atoms with van der Waals surface area (Å²) in [5, 5.41) is 15.5. The van der Waals surface area contributed by atoms with Gasteiger partial charge in [0.15, 0.2) is 0 Å². The summed E-state index contributed by atoms with van der Waals surface area (Å²) >= 11 is 0. The predicted octanol–water partition coefficient (Wildman–Crippen LogP) is 18.4. The normalized spacial score (nSPS) is 12.9. The Kier molecular flexibility index (Phi) is 6.44. The molecule has 11 aromatic carbocycles. The number of hydrogen-bond donors (Lipinski definition) is 0. The average molecular weight is 869 g/mol. The molecule has 1 aliphatic carbocycles. The molecule has 68 heavy (non-hydrogen) atoms. The van der Waals surface area contributed by atoms with Crippen LogP contribution in [0.3, 0.4) is 0 Å². The van der Waals surface area contributed by atoms with Gasteiger partial charge in [0.2, 0.25) is 0 Å². The molecule has 17 rings (SSSR count). The zero-order chi connectivity index (χ0) is 43.9. The Morgan fingerprint density at radius 3 is 1.21 bits per heavy atom. The summed E-state index contributed by atoms with van der Waals surface area (Å²) in [6, 6.07) is 64.3. The van der Waals surface area contributed by atoms with Gasteiger partial charge >= 0.3 is 0 Å². The quantitative estimate of drug-likeness (QED) is 0.173. The molecule has 16 aromatic rings. The van der Waals surface area contributed by atoms with E-state index in [0.717, 1.165) is 160 Å². The van der Waals surface area contributed by atoms with Crippen molar-refractivity contribution in [3.63, 3.8) is 0 Å². The molecule has 0 aliphatic heterocycles. The molecule has 0 saturated carbocycles. The Hall–Kier alpha value is -9.06. The molecular formula is C63H32O5. The van der Waals surface area contributed by atoms with Crippen molar-refractivity contribution in [2.75, 3.05) is 0 Å². The maximum Gasteiger partial charge on any atom is 0.144 e. The van der Waals surface area contributed by atoms with Crippen LogP contribution in [0.25, 0.3) is 165 Å². The third-order valence-electron chi connectivity index (χ3n) is 15.0. The number of para-hydroxylation sites is 4. The second-order valence-corrected chi connectivity index (χ2v) is 18.5. The Morgan fingerprint density at radius 2 is 0.632 bits per heavy atom. The first-order valence-corrected chi connectivity index (χ1v) is 23.2. The molecule has 5 heteroatoms. The summed E-state index contributed by atoms with van der Waals surface area (Å²) in [5.41, 5.74) is 17.5. The van der Waals surface area contributed by atoms with Crippen molar-refractivity contribution >= 4 is 131 Å². The minimum atomic E-state index is 0.761. The molecule has 0 N–H and O–H groups in total. The van der Waals surface area contributed by atoms with Gasteiger partial charge in [0.05, 0.1) is 0 Å². The number of hydrogen-bond acceptors (Lipinski definition) is 5. The van der Waals surface area contributed by atoms with Gasteiger partial charge in [0.25, 0.3) is 0 Å². The largest absolute Gasteiger partial charge is 0.456 e. The van der Waals surface area contributed by atoms with Crippen LogP contribution in [0, 0.1) is 0 Å². The SMILES string of the molecule is c1ccc2c(c1)oc1c(-c3cc4oc5ccccc5c4c4ccccc34)cc3c(c12)-c1cc2oc4cc(-c5cc6oc7ccccc7c6c6ccccc56)c5oc6ccccc6c5c4c2cc1C3. The monoisotopic (exact) mass is 868 g/mol. The van der Waals surface area contributed by atoms with Crippen LogP contribution in [0.4, 0.5) is 0 Å². The maximum absolute atomic E-state index is 7.12. The van der Waals surface area contributed by atoms with Crippen molar-refractivity contribution in [3.05, 3.63) is 193 Å². The Balaban J connectivity index is 0.933. The minimum Gasteiger partial charge on any atom is -0.456 e. The summed E-state index contributed by atoms with van der Waals surface area (Å²) in [4.78, 5) is 0. The van der Waals surface area contributed by atoms with Gasteiger partial charge in [-0.05, 0) is 122 Å². The van der Waals surface area contributed by atoms with Crippen molar-refractivity contribution in [1.82, 2.24) is 0 Å². The summed E-state index contributed by atoms with van der Waals surface area (Å²) < 4.78 is 34.2. The average Bonchev–Trinajstić information content (AvgIpc) is 4.24. The van der Waals surface area contributed by atoms with Gasteiger partial charge in [-0.2, -0.15) is 0 Å². The van der Waals surface area contributed by atoms with Crippen molar-refractivity contribution < 1.29 is 22.1 Å². The predicted molar refractivity (Wildman–Crippen MR) is 277 cm³/mol. The van der Waals surface area contributed by atoms with Crippen molar-refractivity contribution in [3.8, 4) is 33.4 Å². The van der Waals surface area contributed by atoms with E-state index in [9.17, 15) is 0 Å². The van der Waals surface area contributed by atoms with Crippen LogP contribution in [0.2, 0.25) is 0 Å². The van der Waals surface area contributed by atoms with Crippen LogP contribution in [0.15, 0.2) is 204 Å². The zero-order valence-corrected chi connectivity index (χ0v) is 36.1. The molecule has 0 spiro atoms. The number of benzene rings is 11. The maximum atomic E-state index is 7.12. The van der Waals surface area contributed by atoms with E-state index in [2.05, 4.69) is 158 Å². The summed E-state index contributed by atoms with van der Waals surface area (Å²) in [5.74, 6) is 0. The summed E-state index contributed by atoms with van der Waals surface area (Å²) in [6.07, 6.45) is 0.761. The molecule has 0 fully saturated rings. The highest BCUT2D eigenvalue weighted by atomic mass is 16.3. The lowest BCUT2D eigenvalue weighted by atomic mass is 9.90. The van der Waals surface area contributed by atoms with Crippen LogP contribution in [-0.2, 0) is 6.42 Å². The minimum absolute atomic E-state index is 0.761. The number of fused-ring (bicyclic) bond motifs is 24. The van der Waals surface area contributed by atoms with E-state index in [1.807, 2.05) is 24.3 Å². The lowest BCUT2D eigenvalue weighted by Gasteiger charge is -2.12. The van der Waals surface area contributed by atoms with E-state index in [-0.39, 0.29) is 0 Å². The van der Waals surface area contributed by atoms with Crippen molar-refractivity contribution in [1.29, 1.82) is 0 Å². The van der Waals surface area contributed by atoms with Crippen LogP contribution in [0.1, 0.15) is 11.1 Å². The fraction of sp³-hybridized carbons (Fsp3) is 0.0159. The lowest BCUT2D eigenvalue weighted by Crippen LogP contribution is -1.88. The first-order valence-electron chi connectivity index (χ1n) is 23.2. The molecule has 0 radical (unpaired) electrons. The van der Waals surface area contributed by atoms with Crippen molar-refractivity contribution in [2.45, 2.75) is 6.42 Å². The van der Waals surface area contributed by atoms with Gasteiger partial charge in [-0.25, -0.2) is 0 Å². The van der Waals surface area contributed by atoms with E-state index in [1.54, 1.807) is 0 Å². The highest BCUT2D eigenvalue weighted by Gasteiger charge is 2.31. The topological polar surface area (TPSA) is 65.7 Å². The number of rotatable bonds is 2. The Bertz CT molecular complexity index is 4950. The molecule has 5 aromatic heterocycles. The van der Waals surface area contributed by atoms with Gasteiger partial charge in [-0.3, -0.25) is 0 Å². The van der Waals surface area contributed by atoms with Crippen LogP contribution in [0.5, 0.6) is 0 Å². The Labute approximate surface area is 384 Å². The molecule has 1 aliphatic rings. The fourth-order valence-corrected chi connectivity index (χ4v) is 12.3. The Morgan fingerprint density at radius 1 is 0.235 bits per heavy atom. The van der Waals surface area contributed by atoms with E-state index < -0.39 is 0 Å². The van der Waals surface area contributed by atoms with E-state index in [1.165, 1.54) is 22.3 Å². The van der Waals surface area contributed by atoms with Gasteiger partial charge < -0.3 is 22.1 Å². The number of furan rings is 5. The molecular weight excluding hydrogens is 837 g/mol. The van der Waals surface area contributed by atoms with Gasteiger partial charge in [-0.1, -0.05) is 121 Å². The second-order valence-electron chi connectivity index (χ2n) is 18.5. The second kappa shape index (κ2) is 12.4. The summed E-state index contributed by atoms with van der Waals surface area (Å²) in [6.45, 7) is 0. The standard InChI is InChI=1S/C63H32O5/c1-3-15-36-34(13-1)43(29-53-57(36)38-17-5-9-21-48(38)64-53)45-27-33-25-32-26-47-52(28-42(32)56(33)60-40-19-7-11-23-50(40)67-62(45)60)66-55-31-46(63-61(59(47)55)41-20-8-12-24-51(41)68-63)44-30-54-58(37-16-4-2-14-35(37)44)39-18-6-10-22-49(39)65-54/h1-24,26-31H,25H2. The highest BCUT2D eigenvalue weighted by Crippen LogP contribution is 2.53. The van der Waals surface area contributed by atoms with E-state index in [0.29, 0.717) is 0 Å². The first-order chi connectivity index (χ1) is 33.7. The van der Waals surface area contributed by atoms with Crippen LogP contribution >= 0.6 is 0 Å². The van der Waals surface area contributed by atoms with E-state index in [4.69, 9.17) is 22.1 Å². The van der Waals surface area contributed by atoms with E-state index >= 15 is 0 Å². The smallest absolute Gasteiger partial charge is 0.144 e. The van der Waals surface area contributed by atoms with Crippen molar-refractivity contribution in [2.24, 2.45) is 0 Å². The van der Waals surface area contributed by atoms with Gasteiger partial charge in [0, 0.05) is 65.0 Å². The zero-order valence-electron chi connectivity index (χ0n) is 36.1. The molecule has 5 heterocycles.